The number of aliphatic hydroxyl groups excluding tert-OH is 1. The van der Waals surface area contributed by atoms with Gasteiger partial charge in [0, 0.05) is 19.7 Å². The molecule has 0 fully saturated rings. The first-order valence-electron chi connectivity index (χ1n) is 13.4. The van der Waals surface area contributed by atoms with Crippen LogP contribution in [-0.4, -0.2) is 29.0 Å². The zero-order valence-electron chi connectivity index (χ0n) is 24.6. The van der Waals surface area contributed by atoms with E-state index in [1.165, 1.54) is 13.8 Å². The van der Waals surface area contributed by atoms with Gasteiger partial charge in [0.15, 0.2) is 0 Å². The molecule has 10 heteroatoms. The van der Waals surface area contributed by atoms with Crippen molar-refractivity contribution >= 4 is 35.5 Å². The van der Waals surface area contributed by atoms with Crippen molar-refractivity contribution in [1.82, 2.24) is 0 Å². The Morgan fingerprint density at radius 2 is 0.977 bits per heavy atom. The van der Waals surface area contributed by atoms with Gasteiger partial charge in [0.05, 0.1) is 6.61 Å². The molecule has 4 rings (SSSR count). The van der Waals surface area contributed by atoms with Crippen molar-refractivity contribution in [3.63, 3.8) is 0 Å². The molecule has 0 aliphatic rings. The predicted octanol–water partition coefficient (Wildman–Crippen LogP) is 6.51. The van der Waals surface area contributed by atoms with Gasteiger partial charge in [-0.15, -0.1) is 11.6 Å². The number of aryl methyl sites for hydroxylation is 2. The maximum Gasteiger partial charge on any atom is 0.347 e. The van der Waals surface area contributed by atoms with Gasteiger partial charge in [-0.3, -0.25) is 9.59 Å². The first-order valence-corrected chi connectivity index (χ1v) is 13.9. The molecule has 0 radical (unpaired) electrons. The van der Waals surface area contributed by atoms with E-state index in [4.69, 9.17) is 35.7 Å². The van der Waals surface area contributed by atoms with Crippen LogP contribution in [0.15, 0.2) is 84.9 Å². The fraction of sp³-hybridized carbons (Fsp3) is 0.176. The standard InChI is InChI=1S/C17H15ClO4.C17H16O5/c2*1-11-3-8-16(21-12(2)19)15(9-11)17(20)22-14-6-4-13(10-18)5-7-14/h3-9H,10H2,1-2H3;3-9,18H,10H2,1-2H3. The van der Waals surface area contributed by atoms with Crippen LogP contribution in [0.5, 0.6) is 23.0 Å². The van der Waals surface area contributed by atoms with Crippen molar-refractivity contribution in [3.8, 4) is 23.0 Å². The number of aliphatic hydroxyl groups is 1. The Balaban J connectivity index is 0.000000240. The number of benzene rings is 4. The predicted molar refractivity (Wildman–Crippen MR) is 163 cm³/mol. The minimum atomic E-state index is -0.614. The minimum absolute atomic E-state index is 0.0806. The van der Waals surface area contributed by atoms with E-state index >= 15 is 0 Å². The molecule has 0 amide bonds. The maximum atomic E-state index is 12.3. The highest BCUT2D eigenvalue weighted by Gasteiger charge is 2.18. The molecule has 9 nitrogen and oxygen atoms in total. The van der Waals surface area contributed by atoms with Crippen LogP contribution in [0.2, 0.25) is 0 Å². The third kappa shape index (κ3) is 10.1. The average molecular weight is 619 g/mol. The molecular weight excluding hydrogens is 588 g/mol. The molecule has 0 atom stereocenters. The van der Waals surface area contributed by atoms with E-state index in [9.17, 15) is 19.2 Å². The second kappa shape index (κ2) is 16.0. The summed E-state index contributed by atoms with van der Waals surface area (Å²) in [7, 11) is 0. The molecule has 0 saturated carbocycles. The molecule has 1 N–H and O–H groups in total. The highest BCUT2D eigenvalue weighted by atomic mass is 35.5. The zero-order chi connectivity index (χ0) is 32.2. The van der Waals surface area contributed by atoms with E-state index in [0.717, 1.165) is 22.3 Å². The van der Waals surface area contributed by atoms with Gasteiger partial charge in [0.2, 0.25) is 0 Å². The van der Waals surface area contributed by atoms with Crippen molar-refractivity contribution < 1.29 is 43.2 Å². The number of hydrogen-bond acceptors (Lipinski definition) is 9. The Kier molecular flexibility index (Phi) is 12.2. The van der Waals surface area contributed by atoms with Gasteiger partial charge >= 0.3 is 23.9 Å². The fourth-order valence-electron chi connectivity index (χ4n) is 3.73. The van der Waals surface area contributed by atoms with Crippen molar-refractivity contribution in [3.05, 3.63) is 118 Å². The van der Waals surface area contributed by atoms with Crippen LogP contribution in [0.1, 0.15) is 56.8 Å². The zero-order valence-corrected chi connectivity index (χ0v) is 25.3. The van der Waals surface area contributed by atoms with E-state index < -0.39 is 23.9 Å². The summed E-state index contributed by atoms with van der Waals surface area (Å²) in [6.45, 7) is 6.12. The van der Waals surface area contributed by atoms with E-state index in [1.54, 1.807) is 84.9 Å². The monoisotopic (exact) mass is 618 g/mol. The summed E-state index contributed by atoms with van der Waals surface area (Å²) in [5.41, 5.74) is 3.74. The number of halogens is 1. The summed E-state index contributed by atoms with van der Waals surface area (Å²) in [5.74, 6) is -0.727. The summed E-state index contributed by atoms with van der Waals surface area (Å²) in [6, 6.07) is 23.2. The van der Waals surface area contributed by atoms with Crippen LogP contribution in [0, 0.1) is 13.8 Å². The average Bonchev–Trinajstić information content (AvgIpc) is 2.99. The van der Waals surface area contributed by atoms with E-state index in [0.29, 0.717) is 17.4 Å². The highest BCUT2D eigenvalue weighted by Crippen LogP contribution is 2.24. The molecule has 0 aliphatic carbocycles. The smallest absolute Gasteiger partial charge is 0.347 e. The highest BCUT2D eigenvalue weighted by molar-refractivity contribution is 6.17. The number of rotatable bonds is 8. The van der Waals surface area contributed by atoms with Gasteiger partial charge in [0.25, 0.3) is 0 Å². The number of alkyl halides is 1. The molecule has 0 heterocycles. The first kappa shape index (κ1) is 33.5. The Morgan fingerprint density at radius 3 is 1.32 bits per heavy atom. The van der Waals surface area contributed by atoms with Gasteiger partial charge in [-0.2, -0.15) is 0 Å². The summed E-state index contributed by atoms with van der Waals surface area (Å²) in [4.78, 5) is 46.8. The van der Waals surface area contributed by atoms with Gasteiger partial charge in [-0.25, -0.2) is 9.59 Å². The van der Waals surface area contributed by atoms with Crippen molar-refractivity contribution in [2.75, 3.05) is 0 Å². The normalized spacial score (nSPS) is 10.1. The second-order valence-corrected chi connectivity index (χ2v) is 9.81. The lowest BCUT2D eigenvalue weighted by Crippen LogP contribution is -2.13. The van der Waals surface area contributed by atoms with Gasteiger partial charge in [0.1, 0.15) is 34.1 Å². The van der Waals surface area contributed by atoms with Gasteiger partial charge < -0.3 is 24.1 Å². The fourth-order valence-corrected chi connectivity index (χ4v) is 3.91. The lowest BCUT2D eigenvalue weighted by Gasteiger charge is -2.10. The SMILES string of the molecule is CC(=O)Oc1ccc(C)cc1C(=O)Oc1ccc(CCl)cc1.CC(=O)Oc1ccc(C)cc1C(=O)Oc1ccc(CO)cc1. The maximum absolute atomic E-state index is 12.3. The van der Waals surface area contributed by atoms with E-state index in [-0.39, 0.29) is 29.2 Å². The number of hydrogen-bond donors (Lipinski definition) is 1. The number of esters is 4. The largest absolute Gasteiger partial charge is 0.426 e. The molecule has 0 spiro atoms. The lowest BCUT2D eigenvalue weighted by molar-refractivity contribution is -0.132. The van der Waals surface area contributed by atoms with Crippen LogP contribution < -0.4 is 18.9 Å². The number of carbonyl (C=O) groups excluding carboxylic acids is 4. The number of ether oxygens (including phenoxy) is 4. The van der Waals surface area contributed by atoms with Crippen molar-refractivity contribution in [2.45, 2.75) is 40.2 Å². The molecule has 0 aliphatic heterocycles. The second-order valence-electron chi connectivity index (χ2n) is 9.55. The van der Waals surface area contributed by atoms with Gasteiger partial charge in [-0.1, -0.05) is 36.4 Å². The third-order valence-corrected chi connectivity index (χ3v) is 6.13. The molecule has 228 valence electrons. The summed E-state index contributed by atoms with van der Waals surface area (Å²) < 4.78 is 20.6. The lowest BCUT2D eigenvalue weighted by atomic mass is 10.1. The van der Waals surface area contributed by atoms with Crippen LogP contribution >= 0.6 is 11.6 Å². The molecule has 4 aromatic rings. The molecule has 0 unspecified atom stereocenters. The molecule has 4 aromatic carbocycles. The Bertz CT molecular complexity index is 1510. The molecule has 0 bridgehead atoms. The summed E-state index contributed by atoms with van der Waals surface area (Å²) in [6.07, 6.45) is 0. The molecule has 0 saturated heterocycles. The third-order valence-electron chi connectivity index (χ3n) is 5.82. The Hall–Kier alpha value is -4.99. The summed E-state index contributed by atoms with van der Waals surface area (Å²) >= 11 is 5.71. The topological polar surface area (TPSA) is 125 Å². The van der Waals surface area contributed by atoms with Gasteiger partial charge in [-0.05, 0) is 84.6 Å². The minimum Gasteiger partial charge on any atom is -0.426 e. The van der Waals surface area contributed by atoms with Crippen LogP contribution in [0.4, 0.5) is 0 Å². The molecule has 44 heavy (non-hydrogen) atoms. The van der Waals surface area contributed by atoms with Crippen molar-refractivity contribution in [2.24, 2.45) is 0 Å². The van der Waals surface area contributed by atoms with Crippen LogP contribution in [0.3, 0.4) is 0 Å². The molecule has 0 aromatic heterocycles. The quantitative estimate of drug-likeness (QED) is 0.134. The first-order chi connectivity index (χ1) is 21.0. The van der Waals surface area contributed by atoms with E-state index in [2.05, 4.69) is 0 Å². The Morgan fingerprint density at radius 1 is 0.591 bits per heavy atom. The van der Waals surface area contributed by atoms with Crippen LogP contribution in [-0.2, 0) is 22.1 Å². The van der Waals surface area contributed by atoms with Crippen LogP contribution in [0.25, 0.3) is 0 Å². The number of carbonyl (C=O) groups is 4. The van der Waals surface area contributed by atoms with Crippen molar-refractivity contribution in [1.29, 1.82) is 0 Å². The Labute approximate surface area is 259 Å². The summed E-state index contributed by atoms with van der Waals surface area (Å²) in [5, 5.41) is 8.98. The van der Waals surface area contributed by atoms with E-state index in [1.807, 2.05) is 13.8 Å². The molecular formula is C34H31ClO9.